The first-order chi connectivity index (χ1) is 18.0. The van der Waals surface area contributed by atoms with Crippen molar-refractivity contribution in [2.75, 3.05) is 25.2 Å². The zero-order valence-electron chi connectivity index (χ0n) is 23.6. The van der Waals surface area contributed by atoms with Gasteiger partial charge < -0.3 is 24.2 Å². The molecule has 1 aromatic heterocycles. The van der Waals surface area contributed by atoms with E-state index in [4.69, 9.17) is 14.2 Å². The van der Waals surface area contributed by atoms with Gasteiger partial charge in [0.05, 0.1) is 31.6 Å². The van der Waals surface area contributed by atoms with Crippen molar-refractivity contribution >= 4 is 28.9 Å². The predicted molar refractivity (Wildman–Crippen MR) is 147 cm³/mol. The fraction of sp³-hybridized carbons (Fsp3) is 0.800. The SMILES string of the molecule is COC(=O)c1sc(C2(O)CCC(C)(C)CC2)cc1N(C(=O)C1CCC(C)CC1)C1CCC2(CC1)OCCO2. The number of ether oxygens (including phenoxy) is 3. The maximum absolute atomic E-state index is 14.3. The number of carbonyl (C=O) groups is 2. The molecule has 1 spiro atoms. The molecule has 4 aliphatic rings. The number of hydrogen-bond donors (Lipinski definition) is 1. The largest absolute Gasteiger partial charge is 0.465 e. The molecule has 1 N–H and O–H groups in total. The van der Waals surface area contributed by atoms with Crippen LogP contribution >= 0.6 is 11.3 Å². The fourth-order valence-electron chi connectivity index (χ4n) is 6.90. The van der Waals surface area contributed by atoms with Crippen LogP contribution in [0.3, 0.4) is 0 Å². The standard InChI is InChI=1S/C30H45NO6S/c1-20-5-7-21(8-6-20)26(32)31(22-9-11-30(12-10-22)36-17-18-37-30)23-19-24(38-25(23)27(33)35-4)29(34)15-13-28(2,3)14-16-29/h19-22,34H,5-18H2,1-4H3. The van der Waals surface area contributed by atoms with Crippen LogP contribution in [-0.2, 0) is 24.6 Å². The van der Waals surface area contributed by atoms with Gasteiger partial charge in [-0.15, -0.1) is 11.3 Å². The highest BCUT2D eigenvalue weighted by molar-refractivity contribution is 7.14. The minimum absolute atomic E-state index is 0.0477. The minimum Gasteiger partial charge on any atom is -0.465 e. The summed E-state index contributed by atoms with van der Waals surface area (Å²) in [6.07, 6.45) is 9.94. The van der Waals surface area contributed by atoms with Crippen LogP contribution in [0.5, 0.6) is 0 Å². The molecule has 0 unspecified atom stereocenters. The van der Waals surface area contributed by atoms with E-state index in [9.17, 15) is 14.7 Å². The zero-order valence-corrected chi connectivity index (χ0v) is 24.4. The zero-order chi connectivity index (χ0) is 27.1. The van der Waals surface area contributed by atoms with Crippen LogP contribution in [-0.4, -0.2) is 49.1 Å². The molecule has 3 aliphatic carbocycles. The minimum atomic E-state index is -0.988. The molecule has 3 saturated carbocycles. The average molecular weight is 548 g/mol. The van der Waals surface area contributed by atoms with Gasteiger partial charge in [0.1, 0.15) is 4.88 Å². The third-order valence-electron chi connectivity index (χ3n) is 9.73. The third-order valence-corrected chi connectivity index (χ3v) is 11.0. The highest BCUT2D eigenvalue weighted by Gasteiger charge is 2.46. The van der Waals surface area contributed by atoms with Crippen LogP contribution in [0.1, 0.15) is 112 Å². The molecule has 212 valence electrons. The molecule has 7 nitrogen and oxygen atoms in total. The molecule has 1 saturated heterocycles. The van der Waals surface area contributed by atoms with Crippen LogP contribution in [0.4, 0.5) is 5.69 Å². The van der Waals surface area contributed by atoms with E-state index < -0.39 is 17.4 Å². The summed E-state index contributed by atoms with van der Waals surface area (Å²) in [4.78, 5) is 30.5. The summed E-state index contributed by atoms with van der Waals surface area (Å²) < 4.78 is 17.1. The van der Waals surface area contributed by atoms with E-state index in [2.05, 4.69) is 20.8 Å². The second-order valence-corrected chi connectivity index (χ2v) is 14.1. The van der Waals surface area contributed by atoms with Crippen molar-refractivity contribution in [1.29, 1.82) is 0 Å². The molecular weight excluding hydrogens is 502 g/mol. The number of esters is 1. The average Bonchev–Trinajstić information content (AvgIpc) is 3.56. The second kappa shape index (κ2) is 10.8. The van der Waals surface area contributed by atoms with Crippen LogP contribution < -0.4 is 4.90 Å². The Kier molecular flexibility index (Phi) is 8.00. The first-order valence-electron chi connectivity index (χ1n) is 14.6. The van der Waals surface area contributed by atoms with Gasteiger partial charge in [-0.2, -0.15) is 0 Å². The molecule has 8 heteroatoms. The molecule has 4 fully saturated rings. The number of rotatable bonds is 5. The summed E-state index contributed by atoms with van der Waals surface area (Å²) in [5.41, 5.74) is -0.175. The molecule has 0 aromatic carbocycles. The third kappa shape index (κ3) is 5.56. The number of anilines is 1. The highest BCUT2D eigenvalue weighted by atomic mass is 32.1. The number of hydrogen-bond acceptors (Lipinski definition) is 7. The maximum atomic E-state index is 14.3. The van der Waals surface area contributed by atoms with Gasteiger partial charge >= 0.3 is 5.97 Å². The van der Waals surface area contributed by atoms with Gasteiger partial charge in [-0.05, 0) is 81.6 Å². The van der Waals surface area contributed by atoms with Crippen LogP contribution in [0.15, 0.2) is 6.07 Å². The molecule has 1 aromatic rings. The van der Waals surface area contributed by atoms with Gasteiger partial charge in [0.25, 0.3) is 0 Å². The molecule has 1 amide bonds. The van der Waals surface area contributed by atoms with E-state index in [0.29, 0.717) is 42.5 Å². The molecule has 0 atom stereocenters. The quantitative estimate of drug-likeness (QED) is 0.444. The summed E-state index contributed by atoms with van der Waals surface area (Å²) in [6.45, 7) is 7.97. The number of amides is 1. The molecule has 2 heterocycles. The van der Waals surface area contributed by atoms with Crippen molar-refractivity contribution in [3.63, 3.8) is 0 Å². The number of aliphatic hydroxyl groups is 1. The van der Waals surface area contributed by atoms with Gasteiger partial charge in [-0.1, -0.05) is 20.8 Å². The topological polar surface area (TPSA) is 85.3 Å². The Morgan fingerprint density at radius 1 is 0.974 bits per heavy atom. The number of carbonyl (C=O) groups excluding carboxylic acids is 2. The molecular formula is C30H45NO6S. The van der Waals surface area contributed by atoms with Gasteiger partial charge in [-0.25, -0.2) is 4.79 Å². The number of methoxy groups -OCH3 is 1. The number of thiophene rings is 1. The first-order valence-corrected chi connectivity index (χ1v) is 15.4. The normalized spacial score (nSPS) is 30.2. The van der Waals surface area contributed by atoms with Gasteiger partial charge in [0.15, 0.2) is 5.79 Å². The predicted octanol–water partition coefficient (Wildman–Crippen LogP) is 6.17. The summed E-state index contributed by atoms with van der Waals surface area (Å²) >= 11 is 1.31. The summed E-state index contributed by atoms with van der Waals surface area (Å²) in [6, 6.07) is 1.89. The lowest BCUT2D eigenvalue weighted by Gasteiger charge is -2.42. The Hall–Kier alpha value is -1.48. The molecule has 0 bridgehead atoms. The highest BCUT2D eigenvalue weighted by Crippen LogP contribution is 2.50. The van der Waals surface area contributed by atoms with Gasteiger partial charge in [0, 0.05) is 29.7 Å². The molecule has 5 rings (SSSR count). The maximum Gasteiger partial charge on any atom is 0.350 e. The van der Waals surface area contributed by atoms with E-state index in [1.54, 1.807) is 0 Å². The Labute approximate surface area is 231 Å². The lowest BCUT2D eigenvalue weighted by Crippen LogP contribution is -2.49. The van der Waals surface area contributed by atoms with Crippen molar-refractivity contribution in [3.8, 4) is 0 Å². The Morgan fingerprint density at radius 3 is 2.16 bits per heavy atom. The van der Waals surface area contributed by atoms with Crippen LogP contribution in [0, 0.1) is 17.3 Å². The summed E-state index contributed by atoms with van der Waals surface area (Å²) in [5.74, 6) is -0.269. The number of nitrogens with zero attached hydrogens (tertiary/aromatic N) is 1. The van der Waals surface area contributed by atoms with Crippen molar-refractivity contribution in [1.82, 2.24) is 0 Å². The molecule has 0 radical (unpaired) electrons. The summed E-state index contributed by atoms with van der Waals surface area (Å²) in [5, 5.41) is 11.7. The Morgan fingerprint density at radius 2 is 1.58 bits per heavy atom. The van der Waals surface area contributed by atoms with Gasteiger partial charge in [-0.3, -0.25) is 4.79 Å². The van der Waals surface area contributed by atoms with E-state index in [1.807, 2.05) is 11.0 Å². The summed E-state index contributed by atoms with van der Waals surface area (Å²) in [7, 11) is 1.39. The monoisotopic (exact) mass is 547 g/mol. The van der Waals surface area contributed by atoms with E-state index in [1.165, 1.54) is 18.4 Å². The molecule has 1 aliphatic heterocycles. The lowest BCUT2D eigenvalue weighted by atomic mass is 9.70. The lowest BCUT2D eigenvalue weighted by molar-refractivity contribution is -0.179. The van der Waals surface area contributed by atoms with Gasteiger partial charge in [0.2, 0.25) is 5.91 Å². The molecule has 38 heavy (non-hydrogen) atoms. The van der Waals surface area contributed by atoms with Crippen molar-refractivity contribution < 1.29 is 28.9 Å². The van der Waals surface area contributed by atoms with E-state index in [-0.39, 0.29) is 23.3 Å². The Balaban J connectivity index is 1.49. The van der Waals surface area contributed by atoms with Crippen molar-refractivity contribution in [2.45, 2.75) is 115 Å². The Bertz CT molecular complexity index is 1000. The smallest absolute Gasteiger partial charge is 0.350 e. The van der Waals surface area contributed by atoms with Crippen LogP contribution in [0.2, 0.25) is 0 Å². The first kappa shape index (κ1) is 28.1. The van der Waals surface area contributed by atoms with E-state index >= 15 is 0 Å². The van der Waals surface area contributed by atoms with E-state index in [0.717, 1.165) is 69.1 Å². The fourth-order valence-corrected chi connectivity index (χ4v) is 8.11. The van der Waals surface area contributed by atoms with Crippen molar-refractivity contribution in [2.24, 2.45) is 17.3 Å². The second-order valence-electron chi connectivity index (χ2n) is 13.0. The van der Waals surface area contributed by atoms with Crippen molar-refractivity contribution in [3.05, 3.63) is 15.8 Å². The van der Waals surface area contributed by atoms with Crippen LogP contribution in [0.25, 0.3) is 0 Å².